The number of Topliss-reactive ketones (excluding diaryl/α,β-unsaturated/α-hetero) is 1. The maximum absolute atomic E-state index is 11.4. The van der Waals surface area contributed by atoms with E-state index < -0.39 is 0 Å². The monoisotopic (exact) mass is 555 g/mol. The number of rotatable bonds is 1. The number of carbonyl (C=O) groups excluding carboxylic acids is 1. The van der Waals surface area contributed by atoms with Crippen molar-refractivity contribution in [2.75, 3.05) is 0 Å². The molecule has 5 rings (SSSR count). The zero-order valence-corrected chi connectivity index (χ0v) is 17.8. The van der Waals surface area contributed by atoms with Crippen LogP contribution >= 0.6 is 0 Å². The smallest absolute Gasteiger partial charge is 0.246 e. The third-order valence-electron chi connectivity index (χ3n) is 5.12. The molecular weight excluding hydrogens is 532 g/mol. The first-order valence-electron chi connectivity index (χ1n) is 9.44. The summed E-state index contributed by atoms with van der Waals surface area (Å²) in [6, 6.07) is 13.3. The fourth-order valence-electron chi connectivity index (χ4n) is 3.82. The van der Waals surface area contributed by atoms with Gasteiger partial charge in [-0.05, 0) is 55.9 Å². The van der Waals surface area contributed by atoms with E-state index in [1.165, 1.54) is 0 Å². The number of ketones is 1. The molecule has 0 aliphatic heterocycles. The van der Waals surface area contributed by atoms with E-state index in [-0.39, 0.29) is 25.9 Å². The summed E-state index contributed by atoms with van der Waals surface area (Å²) in [4.78, 5) is 20.0. The molecule has 1 radical (unpaired) electrons. The van der Waals surface area contributed by atoms with Crippen LogP contribution in [0.15, 0.2) is 64.4 Å². The first-order chi connectivity index (χ1) is 13.2. The van der Waals surface area contributed by atoms with Crippen LogP contribution in [-0.4, -0.2) is 20.9 Å². The summed E-state index contributed by atoms with van der Waals surface area (Å²) in [7, 11) is 0. The number of carbonyl (C=O) groups is 1. The molecule has 1 saturated carbocycles. The molecular formula is C22H22IrN2O3. The number of oxazole rings is 1. The molecule has 1 fully saturated rings. The Kier molecular flexibility index (Phi) is 6.76. The molecule has 5 nitrogen and oxygen atoms in total. The molecule has 28 heavy (non-hydrogen) atoms. The number of nitrogens with zero attached hydrogens (tertiary/aromatic N) is 2. The average Bonchev–Trinajstić information content (AvgIpc) is 3.14. The molecule has 6 heteroatoms. The molecule has 1 unspecified atom stereocenters. The number of benzene rings is 1. The number of pyridine rings is 1. The van der Waals surface area contributed by atoms with Crippen LogP contribution < -0.4 is 0 Å². The van der Waals surface area contributed by atoms with Crippen molar-refractivity contribution in [3.63, 3.8) is 0 Å². The van der Waals surface area contributed by atoms with Gasteiger partial charge in [-0.3, -0.25) is 9.78 Å². The molecule has 147 valence electrons. The molecule has 0 amide bonds. The van der Waals surface area contributed by atoms with Gasteiger partial charge in [0.15, 0.2) is 11.4 Å². The molecule has 0 bridgehead atoms. The van der Waals surface area contributed by atoms with Gasteiger partial charge in [0.1, 0.15) is 11.2 Å². The largest absolute Gasteiger partial charge is 0.512 e. The third kappa shape index (κ3) is 4.40. The first-order valence-corrected chi connectivity index (χ1v) is 9.44. The van der Waals surface area contributed by atoms with Gasteiger partial charge in [0.25, 0.3) is 0 Å². The number of hydrogen-bond acceptors (Lipinski definition) is 5. The summed E-state index contributed by atoms with van der Waals surface area (Å²) in [5.74, 6) is 1.54. The zero-order valence-electron chi connectivity index (χ0n) is 15.4. The van der Waals surface area contributed by atoms with Crippen LogP contribution in [0, 0.1) is 5.92 Å². The van der Waals surface area contributed by atoms with Crippen LogP contribution in [0.4, 0.5) is 0 Å². The van der Waals surface area contributed by atoms with Crippen molar-refractivity contribution in [3.8, 4) is 11.6 Å². The van der Waals surface area contributed by atoms with E-state index in [9.17, 15) is 9.90 Å². The molecule has 1 N–H and O–H groups in total. The number of para-hydroxylation sites is 2. The van der Waals surface area contributed by atoms with E-state index in [1.807, 2.05) is 42.5 Å². The van der Waals surface area contributed by atoms with E-state index in [0.717, 1.165) is 54.5 Å². The minimum atomic E-state index is 0. The van der Waals surface area contributed by atoms with Crippen molar-refractivity contribution in [2.24, 2.45) is 5.92 Å². The number of hydrogen-bond donors (Lipinski definition) is 1. The van der Waals surface area contributed by atoms with Gasteiger partial charge in [0, 0.05) is 44.7 Å². The van der Waals surface area contributed by atoms with E-state index in [4.69, 9.17) is 4.42 Å². The van der Waals surface area contributed by atoms with Gasteiger partial charge in [-0.1, -0.05) is 18.2 Å². The minimum Gasteiger partial charge on any atom is -0.512 e. The Labute approximate surface area is 177 Å². The summed E-state index contributed by atoms with van der Waals surface area (Å²) >= 11 is 0. The first kappa shape index (κ1) is 20.4. The Balaban J connectivity index is 0.000000159. The van der Waals surface area contributed by atoms with Crippen molar-refractivity contribution in [1.82, 2.24) is 9.97 Å². The standard InChI is InChI=1S/C12H8N2O.C10H14O2.Ir/c1-2-7-11-9(5-1)14-12(15-11)10-6-3-4-8-13-10;11-8-5-1-3-7-4-2-6-9(12)10(7)8;/h1-8H;7,11H,1-6H2;. The van der Waals surface area contributed by atoms with E-state index in [0.29, 0.717) is 24.0 Å². The Morgan fingerprint density at radius 2 is 1.75 bits per heavy atom. The van der Waals surface area contributed by atoms with Crippen LogP contribution in [0.25, 0.3) is 22.7 Å². The number of aromatic nitrogens is 2. The van der Waals surface area contributed by atoms with E-state index >= 15 is 0 Å². The topological polar surface area (TPSA) is 76.2 Å². The van der Waals surface area contributed by atoms with E-state index in [1.54, 1.807) is 6.20 Å². The fourth-order valence-corrected chi connectivity index (χ4v) is 3.82. The number of aliphatic hydroxyl groups is 1. The number of allylic oxidation sites excluding steroid dienone is 2. The molecule has 0 saturated heterocycles. The van der Waals surface area contributed by atoms with Gasteiger partial charge in [-0.25, -0.2) is 4.98 Å². The SMILES string of the molecule is O=C1CCCC2CCCC(O)=C12.[Ir].c1ccc(-c2nc3ccccc3o2)nc1. The molecule has 3 aromatic rings. The Morgan fingerprint density at radius 1 is 1.00 bits per heavy atom. The predicted molar refractivity (Wildman–Crippen MR) is 103 cm³/mol. The maximum atomic E-state index is 11.4. The number of aliphatic hydroxyl groups excluding tert-OH is 1. The van der Waals surface area contributed by atoms with Gasteiger partial charge in [0.2, 0.25) is 5.89 Å². The second kappa shape index (κ2) is 9.26. The average molecular weight is 555 g/mol. The quantitative estimate of drug-likeness (QED) is 0.445. The predicted octanol–water partition coefficient (Wildman–Crippen LogP) is 5.24. The molecule has 2 aliphatic carbocycles. The van der Waals surface area contributed by atoms with E-state index in [2.05, 4.69) is 9.97 Å². The van der Waals surface area contributed by atoms with Gasteiger partial charge in [-0.2, -0.15) is 0 Å². The number of fused-ring (bicyclic) bond motifs is 2. The molecule has 1 atom stereocenters. The fraction of sp³-hybridized carbons (Fsp3) is 0.318. The van der Waals surface area contributed by atoms with Crippen LogP contribution in [0.2, 0.25) is 0 Å². The Morgan fingerprint density at radius 3 is 2.46 bits per heavy atom. The van der Waals surface area contributed by atoms with Crippen LogP contribution in [-0.2, 0) is 24.9 Å². The summed E-state index contributed by atoms with van der Waals surface area (Å²) in [6.07, 6.45) is 7.36. The second-order valence-corrected chi connectivity index (χ2v) is 6.97. The molecule has 0 spiro atoms. The third-order valence-corrected chi connectivity index (χ3v) is 5.12. The normalized spacial score (nSPS) is 18.7. The molecule has 2 aromatic heterocycles. The molecule has 2 aliphatic rings. The minimum absolute atomic E-state index is 0. The zero-order chi connectivity index (χ0) is 18.6. The van der Waals surface area contributed by atoms with Crippen LogP contribution in [0.3, 0.4) is 0 Å². The summed E-state index contributed by atoms with van der Waals surface area (Å²) in [6.45, 7) is 0. The summed E-state index contributed by atoms with van der Waals surface area (Å²) in [5, 5.41) is 9.53. The summed E-state index contributed by atoms with van der Waals surface area (Å²) in [5.41, 5.74) is 3.18. The van der Waals surface area contributed by atoms with Gasteiger partial charge in [0.05, 0.1) is 5.76 Å². The van der Waals surface area contributed by atoms with Crippen molar-refractivity contribution in [3.05, 3.63) is 60.0 Å². The van der Waals surface area contributed by atoms with Gasteiger partial charge in [-0.15, -0.1) is 0 Å². The van der Waals surface area contributed by atoms with Crippen LogP contribution in [0.1, 0.15) is 38.5 Å². The van der Waals surface area contributed by atoms with Crippen molar-refractivity contribution in [2.45, 2.75) is 38.5 Å². The van der Waals surface area contributed by atoms with Crippen molar-refractivity contribution < 1.29 is 34.4 Å². The van der Waals surface area contributed by atoms with Gasteiger partial charge >= 0.3 is 0 Å². The Hall–Kier alpha value is -2.30. The molecule has 1 aromatic carbocycles. The maximum Gasteiger partial charge on any atom is 0.246 e. The van der Waals surface area contributed by atoms with Gasteiger partial charge < -0.3 is 9.52 Å². The molecule has 2 heterocycles. The van der Waals surface area contributed by atoms with Crippen molar-refractivity contribution >= 4 is 16.9 Å². The van der Waals surface area contributed by atoms with Crippen LogP contribution in [0.5, 0.6) is 0 Å². The summed E-state index contributed by atoms with van der Waals surface area (Å²) < 4.78 is 5.58. The van der Waals surface area contributed by atoms with Crippen molar-refractivity contribution in [1.29, 1.82) is 0 Å². The Bertz CT molecular complexity index is 949. The second-order valence-electron chi connectivity index (χ2n) is 6.97.